The molecule has 0 spiro atoms. The van der Waals surface area contributed by atoms with Crippen molar-refractivity contribution in [2.45, 2.75) is 10.9 Å². The molecule has 1 N–H and O–H groups in total. The second-order valence-electron chi connectivity index (χ2n) is 4.94. The van der Waals surface area contributed by atoms with Gasteiger partial charge in [-0.2, -0.15) is 0 Å². The minimum Gasteiger partial charge on any atom is -0.356 e. The number of halogens is 1. The molecule has 0 bridgehead atoms. The van der Waals surface area contributed by atoms with Gasteiger partial charge in [-0.3, -0.25) is 0 Å². The molecule has 0 saturated heterocycles. The maximum absolute atomic E-state index is 13.6. The van der Waals surface area contributed by atoms with Crippen molar-refractivity contribution in [1.29, 1.82) is 0 Å². The fourth-order valence-corrected chi connectivity index (χ4v) is 3.60. The van der Waals surface area contributed by atoms with Gasteiger partial charge in [-0.25, -0.2) is 4.39 Å². The lowest BCUT2D eigenvalue weighted by Gasteiger charge is -2.02. The van der Waals surface area contributed by atoms with Crippen molar-refractivity contribution in [1.82, 2.24) is 10.2 Å². The summed E-state index contributed by atoms with van der Waals surface area (Å²) in [5.41, 5.74) is 1.80. The maximum Gasteiger partial charge on any atom is 0.206 e. The smallest absolute Gasteiger partial charge is 0.206 e. The summed E-state index contributed by atoms with van der Waals surface area (Å²) in [6, 6.07) is 16.9. The Morgan fingerprint density at radius 2 is 1.83 bits per heavy atom. The van der Waals surface area contributed by atoms with Crippen LogP contribution in [0.1, 0.15) is 11.1 Å². The van der Waals surface area contributed by atoms with E-state index in [2.05, 4.69) is 39.8 Å². The second-order valence-corrected chi connectivity index (χ2v) is 7.19. The first-order valence-electron chi connectivity index (χ1n) is 7.46. The van der Waals surface area contributed by atoms with Crippen molar-refractivity contribution in [3.05, 3.63) is 77.6 Å². The fourth-order valence-electron chi connectivity index (χ4n) is 2.02. The lowest BCUT2D eigenvalue weighted by Crippen LogP contribution is -2.01. The van der Waals surface area contributed by atoms with Gasteiger partial charge >= 0.3 is 0 Å². The molecule has 0 fully saturated rings. The monoisotopic (exact) mass is 357 g/mol. The fraction of sp³-hybridized carbons (Fsp3) is 0.111. The summed E-state index contributed by atoms with van der Waals surface area (Å²) in [7, 11) is 0. The molecule has 0 saturated carbocycles. The molecule has 1 aromatic heterocycles. The average Bonchev–Trinajstić information content (AvgIpc) is 3.07. The highest BCUT2D eigenvalue weighted by Gasteiger charge is 2.05. The van der Waals surface area contributed by atoms with Crippen LogP contribution in [0, 0.1) is 5.82 Å². The van der Waals surface area contributed by atoms with E-state index in [4.69, 9.17) is 0 Å². The van der Waals surface area contributed by atoms with Gasteiger partial charge in [0.1, 0.15) is 5.82 Å². The minimum absolute atomic E-state index is 0.213. The summed E-state index contributed by atoms with van der Waals surface area (Å²) in [5.74, 6) is 0.617. The first kappa shape index (κ1) is 16.7. The Morgan fingerprint density at radius 1 is 1.04 bits per heavy atom. The van der Waals surface area contributed by atoms with Crippen LogP contribution in [0.15, 0.2) is 65.0 Å². The molecule has 0 aliphatic carbocycles. The SMILES string of the molecule is Fc1ccccc1CNc1nnc(SC/C=C/c2ccccc2)s1. The lowest BCUT2D eigenvalue weighted by atomic mass is 10.2. The van der Waals surface area contributed by atoms with Crippen LogP contribution in [-0.4, -0.2) is 16.0 Å². The molecule has 0 aliphatic rings. The predicted molar refractivity (Wildman–Crippen MR) is 99.8 cm³/mol. The molecule has 0 unspecified atom stereocenters. The number of nitrogens with one attached hydrogen (secondary N) is 1. The average molecular weight is 357 g/mol. The Morgan fingerprint density at radius 3 is 2.67 bits per heavy atom. The molecule has 2 aromatic carbocycles. The highest BCUT2D eigenvalue weighted by Crippen LogP contribution is 2.26. The van der Waals surface area contributed by atoms with Crippen LogP contribution in [0.3, 0.4) is 0 Å². The molecule has 1 heterocycles. The molecule has 0 amide bonds. The van der Waals surface area contributed by atoms with E-state index in [-0.39, 0.29) is 5.82 Å². The van der Waals surface area contributed by atoms with E-state index in [1.807, 2.05) is 24.3 Å². The Kier molecular flexibility index (Phi) is 5.98. The summed E-state index contributed by atoms with van der Waals surface area (Å²) in [6.45, 7) is 0.403. The summed E-state index contributed by atoms with van der Waals surface area (Å²) in [6.07, 6.45) is 4.19. The van der Waals surface area contributed by atoms with Crippen LogP contribution in [0.25, 0.3) is 6.08 Å². The number of rotatable bonds is 7. The van der Waals surface area contributed by atoms with E-state index in [1.54, 1.807) is 23.9 Å². The van der Waals surface area contributed by atoms with Gasteiger partial charge in [-0.1, -0.05) is 83.8 Å². The van der Waals surface area contributed by atoms with Crippen molar-refractivity contribution in [3.63, 3.8) is 0 Å². The molecule has 3 nitrogen and oxygen atoms in total. The van der Waals surface area contributed by atoms with Gasteiger partial charge in [0.05, 0.1) is 0 Å². The Balaban J connectivity index is 1.47. The second kappa shape index (κ2) is 8.61. The first-order chi connectivity index (χ1) is 11.8. The van der Waals surface area contributed by atoms with Gasteiger partial charge in [0.25, 0.3) is 0 Å². The van der Waals surface area contributed by atoms with Crippen molar-refractivity contribution in [2.24, 2.45) is 0 Å². The topological polar surface area (TPSA) is 37.8 Å². The van der Waals surface area contributed by atoms with Gasteiger partial charge in [0.15, 0.2) is 4.34 Å². The van der Waals surface area contributed by atoms with Crippen molar-refractivity contribution < 1.29 is 4.39 Å². The van der Waals surface area contributed by atoms with Crippen molar-refractivity contribution >= 4 is 34.3 Å². The van der Waals surface area contributed by atoms with Crippen LogP contribution in [0.4, 0.5) is 9.52 Å². The molecule has 3 rings (SSSR count). The predicted octanol–water partition coefficient (Wildman–Crippen LogP) is 5.09. The van der Waals surface area contributed by atoms with Gasteiger partial charge < -0.3 is 5.32 Å². The van der Waals surface area contributed by atoms with Crippen molar-refractivity contribution in [2.75, 3.05) is 11.1 Å². The molecule has 122 valence electrons. The number of thioether (sulfide) groups is 1. The third-order valence-corrected chi connectivity index (χ3v) is 5.17. The van der Waals surface area contributed by atoms with E-state index < -0.39 is 0 Å². The zero-order chi connectivity index (χ0) is 16.6. The molecule has 6 heteroatoms. The van der Waals surface area contributed by atoms with Crippen LogP contribution in [0.2, 0.25) is 0 Å². The highest BCUT2D eigenvalue weighted by atomic mass is 32.2. The summed E-state index contributed by atoms with van der Waals surface area (Å²) >= 11 is 3.11. The largest absolute Gasteiger partial charge is 0.356 e. The normalized spacial score (nSPS) is 11.0. The van der Waals surface area contributed by atoms with Crippen LogP contribution in [0.5, 0.6) is 0 Å². The summed E-state index contributed by atoms with van der Waals surface area (Å²) in [4.78, 5) is 0. The van der Waals surface area contributed by atoms with Crippen LogP contribution in [-0.2, 0) is 6.54 Å². The number of benzene rings is 2. The van der Waals surface area contributed by atoms with Gasteiger partial charge in [0.2, 0.25) is 5.13 Å². The number of hydrogen-bond acceptors (Lipinski definition) is 5. The zero-order valence-electron chi connectivity index (χ0n) is 12.9. The lowest BCUT2D eigenvalue weighted by molar-refractivity contribution is 0.613. The van der Waals surface area contributed by atoms with E-state index in [0.29, 0.717) is 17.2 Å². The third kappa shape index (κ3) is 4.91. The molecular weight excluding hydrogens is 341 g/mol. The van der Waals surface area contributed by atoms with E-state index in [0.717, 1.165) is 10.1 Å². The Labute approximate surface area is 148 Å². The molecule has 3 aromatic rings. The highest BCUT2D eigenvalue weighted by molar-refractivity contribution is 8.01. The molecule has 0 radical (unpaired) electrons. The quantitative estimate of drug-likeness (QED) is 0.597. The zero-order valence-corrected chi connectivity index (χ0v) is 14.5. The number of anilines is 1. The van der Waals surface area contributed by atoms with Gasteiger partial charge in [-0.05, 0) is 11.6 Å². The van der Waals surface area contributed by atoms with E-state index in [1.165, 1.54) is 23.0 Å². The summed E-state index contributed by atoms with van der Waals surface area (Å²) < 4.78 is 14.5. The van der Waals surface area contributed by atoms with E-state index >= 15 is 0 Å². The molecule has 24 heavy (non-hydrogen) atoms. The van der Waals surface area contributed by atoms with Gasteiger partial charge in [-0.15, -0.1) is 10.2 Å². The minimum atomic E-state index is -0.213. The molecule has 0 aliphatic heterocycles. The van der Waals surface area contributed by atoms with Crippen molar-refractivity contribution in [3.8, 4) is 0 Å². The van der Waals surface area contributed by atoms with Crippen LogP contribution < -0.4 is 5.32 Å². The standard InChI is InChI=1S/C18H16FN3S2/c19-16-11-5-4-10-15(16)13-20-17-21-22-18(24-17)23-12-6-9-14-7-2-1-3-8-14/h1-11H,12-13H2,(H,20,21)/b9-6+. The number of nitrogens with zero attached hydrogens (tertiary/aromatic N) is 2. The molecular formula is C18H16FN3S2. The molecule has 0 atom stereocenters. The van der Waals surface area contributed by atoms with Crippen LogP contribution >= 0.6 is 23.1 Å². The third-order valence-electron chi connectivity index (χ3n) is 3.21. The number of hydrogen-bond donors (Lipinski definition) is 1. The first-order valence-corrected chi connectivity index (χ1v) is 9.26. The van der Waals surface area contributed by atoms with E-state index in [9.17, 15) is 4.39 Å². The Bertz CT molecular complexity index is 803. The summed E-state index contributed by atoms with van der Waals surface area (Å²) in [5, 5.41) is 12.0. The number of aromatic nitrogens is 2. The van der Waals surface area contributed by atoms with Gasteiger partial charge in [0, 0.05) is 17.9 Å². The maximum atomic E-state index is 13.6. The Hall–Kier alpha value is -2.18.